The number of carbonyl (C=O) groups excluding carboxylic acids is 2. The van der Waals surface area contributed by atoms with Gasteiger partial charge in [0.05, 0.1) is 12.2 Å². The standard InChI is InChI=1S/C18H26N2O4/c1-18(2,23)9-8-14-4-6-15(7-5-14)16(21)19-10-12-20-11-3-13-24-17(20)22/h4-7,23H,3,8-13H2,1-2H3,(H,19,21). The summed E-state index contributed by atoms with van der Waals surface area (Å²) in [6.07, 6.45) is 1.95. The number of aryl methyl sites for hydroxylation is 1. The molecule has 1 aliphatic heterocycles. The third-order valence-corrected chi connectivity index (χ3v) is 3.96. The van der Waals surface area contributed by atoms with Crippen LogP contribution in [0.1, 0.15) is 42.6 Å². The van der Waals surface area contributed by atoms with Gasteiger partial charge >= 0.3 is 6.09 Å². The van der Waals surface area contributed by atoms with Crippen LogP contribution in [0.25, 0.3) is 0 Å². The molecule has 24 heavy (non-hydrogen) atoms. The van der Waals surface area contributed by atoms with E-state index in [1.54, 1.807) is 30.9 Å². The first-order chi connectivity index (χ1) is 11.3. The molecule has 1 heterocycles. The Kier molecular flexibility index (Phi) is 6.20. The van der Waals surface area contributed by atoms with Crippen molar-refractivity contribution in [1.29, 1.82) is 0 Å². The van der Waals surface area contributed by atoms with Crippen molar-refractivity contribution in [2.45, 2.75) is 38.7 Å². The van der Waals surface area contributed by atoms with Crippen LogP contribution in [0.4, 0.5) is 4.79 Å². The van der Waals surface area contributed by atoms with E-state index in [1.807, 2.05) is 12.1 Å². The van der Waals surface area contributed by atoms with Gasteiger partial charge in [-0.3, -0.25) is 4.79 Å². The van der Waals surface area contributed by atoms with Crippen molar-refractivity contribution in [2.75, 3.05) is 26.2 Å². The van der Waals surface area contributed by atoms with Crippen molar-refractivity contribution in [2.24, 2.45) is 0 Å². The molecule has 0 aliphatic carbocycles. The van der Waals surface area contributed by atoms with Crippen molar-refractivity contribution in [1.82, 2.24) is 10.2 Å². The van der Waals surface area contributed by atoms with Crippen LogP contribution in [0.5, 0.6) is 0 Å². The number of hydrogen-bond acceptors (Lipinski definition) is 4. The highest BCUT2D eigenvalue weighted by atomic mass is 16.6. The molecule has 0 spiro atoms. The average molecular weight is 334 g/mol. The van der Waals surface area contributed by atoms with Crippen molar-refractivity contribution in [3.8, 4) is 0 Å². The Balaban J connectivity index is 1.76. The van der Waals surface area contributed by atoms with Gasteiger partial charge in [-0.15, -0.1) is 0 Å². The van der Waals surface area contributed by atoms with Crippen LogP contribution in [0, 0.1) is 0 Å². The molecule has 1 aromatic rings. The molecule has 2 amide bonds. The van der Waals surface area contributed by atoms with Crippen molar-refractivity contribution in [3.05, 3.63) is 35.4 Å². The lowest BCUT2D eigenvalue weighted by Crippen LogP contribution is -2.42. The molecule has 0 atom stereocenters. The van der Waals surface area contributed by atoms with E-state index in [0.717, 1.165) is 18.4 Å². The summed E-state index contributed by atoms with van der Waals surface area (Å²) in [7, 11) is 0. The fourth-order valence-electron chi connectivity index (χ4n) is 2.48. The Morgan fingerprint density at radius 2 is 2.04 bits per heavy atom. The Morgan fingerprint density at radius 1 is 1.33 bits per heavy atom. The van der Waals surface area contributed by atoms with E-state index in [9.17, 15) is 14.7 Å². The van der Waals surface area contributed by atoms with Gasteiger partial charge < -0.3 is 20.1 Å². The van der Waals surface area contributed by atoms with Gasteiger partial charge in [-0.25, -0.2) is 4.79 Å². The molecule has 0 aromatic heterocycles. The van der Waals surface area contributed by atoms with Crippen LogP contribution in [-0.2, 0) is 11.2 Å². The van der Waals surface area contributed by atoms with E-state index in [0.29, 0.717) is 38.2 Å². The number of carbonyl (C=O) groups is 2. The lowest BCUT2D eigenvalue weighted by atomic mass is 9.98. The highest BCUT2D eigenvalue weighted by Crippen LogP contribution is 2.14. The third-order valence-electron chi connectivity index (χ3n) is 3.96. The Morgan fingerprint density at radius 3 is 2.67 bits per heavy atom. The van der Waals surface area contributed by atoms with E-state index in [1.165, 1.54) is 0 Å². The molecule has 2 N–H and O–H groups in total. The largest absolute Gasteiger partial charge is 0.449 e. The van der Waals surface area contributed by atoms with Crippen LogP contribution in [0.3, 0.4) is 0 Å². The van der Waals surface area contributed by atoms with E-state index in [-0.39, 0.29) is 12.0 Å². The van der Waals surface area contributed by atoms with E-state index in [4.69, 9.17) is 4.74 Å². The molecule has 1 aliphatic rings. The van der Waals surface area contributed by atoms with Crippen LogP contribution in [0.15, 0.2) is 24.3 Å². The zero-order valence-corrected chi connectivity index (χ0v) is 14.4. The molecule has 6 nitrogen and oxygen atoms in total. The quantitative estimate of drug-likeness (QED) is 0.799. The first-order valence-corrected chi connectivity index (χ1v) is 8.36. The molecule has 0 radical (unpaired) electrons. The van der Waals surface area contributed by atoms with Gasteiger partial charge in [0.15, 0.2) is 0 Å². The molecular formula is C18H26N2O4. The lowest BCUT2D eigenvalue weighted by Gasteiger charge is -2.26. The van der Waals surface area contributed by atoms with Crippen LogP contribution in [0.2, 0.25) is 0 Å². The van der Waals surface area contributed by atoms with Gasteiger partial charge in [-0.1, -0.05) is 12.1 Å². The molecule has 1 saturated heterocycles. The number of aliphatic hydroxyl groups is 1. The second kappa shape index (κ2) is 8.15. The molecule has 1 fully saturated rings. The maximum absolute atomic E-state index is 12.1. The van der Waals surface area contributed by atoms with Crippen LogP contribution in [-0.4, -0.2) is 53.8 Å². The molecule has 132 valence electrons. The fourth-order valence-corrected chi connectivity index (χ4v) is 2.48. The van der Waals surface area contributed by atoms with Gasteiger partial charge in [0.2, 0.25) is 0 Å². The molecular weight excluding hydrogens is 308 g/mol. The number of amides is 2. The summed E-state index contributed by atoms with van der Waals surface area (Å²) in [5.74, 6) is -0.158. The minimum atomic E-state index is -0.689. The predicted octanol–water partition coefficient (Wildman–Crippen LogP) is 1.96. The van der Waals surface area contributed by atoms with Gasteiger partial charge in [0.1, 0.15) is 0 Å². The van der Waals surface area contributed by atoms with Crippen molar-refractivity contribution < 1.29 is 19.4 Å². The summed E-state index contributed by atoms with van der Waals surface area (Å²) in [6, 6.07) is 7.37. The van der Waals surface area contributed by atoms with Gasteiger partial charge in [-0.05, 0) is 50.8 Å². The second-order valence-corrected chi connectivity index (χ2v) is 6.72. The number of rotatable bonds is 7. The number of nitrogens with zero attached hydrogens (tertiary/aromatic N) is 1. The molecule has 0 saturated carbocycles. The van der Waals surface area contributed by atoms with Gasteiger partial charge in [0.25, 0.3) is 5.91 Å². The first-order valence-electron chi connectivity index (χ1n) is 8.36. The topological polar surface area (TPSA) is 78.9 Å². The number of cyclic esters (lactones) is 1. The predicted molar refractivity (Wildman–Crippen MR) is 90.9 cm³/mol. The Hall–Kier alpha value is -2.08. The Bertz CT molecular complexity index is 563. The monoisotopic (exact) mass is 334 g/mol. The zero-order valence-electron chi connectivity index (χ0n) is 14.4. The summed E-state index contributed by atoms with van der Waals surface area (Å²) in [4.78, 5) is 25.2. The summed E-state index contributed by atoms with van der Waals surface area (Å²) in [5, 5.41) is 12.6. The van der Waals surface area contributed by atoms with Crippen molar-refractivity contribution >= 4 is 12.0 Å². The van der Waals surface area contributed by atoms with Gasteiger partial charge in [-0.2, -0.15) is 0 Å². The fraction of sp³-hybridized carbons (Fsp3) is 0.556. The highest BCUT2D eigenvalue weighted by Gasteiger charge is 2.19. The van der Waals surface area contributed by atoms with E-state index >= 15 is 0 Å². The molecule has 2 rings (SSSR count). The van der Waals surface area contributed by atoms with Crippen LogP contribution >= 0.6 is 0 Å². The zero-order chi connectivity index (χ0) is 17.6. The molecule has 0 unspecified atom stereocenters. The molecule has 1 aromatic carbocycles. The van der Waals surface area contributed by atoms with E-state index < -0.39 is 5.60 Å². The minimum absolute atomic E-state index is 0.158. The first kappa shape index (κ1) is 18.3. The maximum Gasteiger partial charge on any atom is 0.409 e. The minimum Gasteiger partial charge on any atom is -0.449 e. The maximum atomic E-state index is 12.1. The number of nitrogens with one attached hydrogen (secondary N) is 1. The summed E-state index contributed by atoms with van der Waals surface area (Å²) in [5.41, 5.74) is 0.985. The van der Waals surface area contributed by atoms with Crippen molar-refractivity contribution in [3.63, 3.8) is 0 Å². The Labute approximate surface area is 142 Å². The number of hydrogen-bond donors (Lipinski definition) is 2. The second-order valence-electron chi connectivity index (χ2n) is 6.72. The van der Waals surface area contributed by atoms with E-state index in [2.05, 4.69) is 5.32 Å². The highest BCUT2D eigenvalue weighted by molar-refractivity contribution is 5.94. The average Bonchev–Trinajstić information content (AvgIpc) is 2.54. The SMILES string of the molecule is CC(C)(O)CCc1ccc(C(=O)NCCN2CCCOC2=O)cc1. The number of benzene rings is 1. The smallest absolute Gasteiger partial charge is 0.409 e. The number of ether oxygens (including phenoxy) is 1. The normalized spacial score (nSPS) is 15.1. The lowest BCUT2D eigenvalue weighted by molar-refractivity contribution is 0.0712. The summed E-state index contributed by atoms with van der Waals surface area (Å²) < 4.78 is 4.95. The molecule has 6 heteroatoms. The summed E-state index contributed by atoms with van der Waals surface area (Å²) >= 11 is 0. The summed E-state index contributed by atoms with van der Waals surface area (Å²) in [6.45, 7) is 5.56. The van der Waals surface area contributed by atoms with Crippen LogP contribution < -0.4 is 5.32 Å². The third kappa shape index (κ3) is 5.85. The molecule has 0 bridgehead atoms. The van der Waals surface area contributed by atoms with Gasteiger partial charge in [0, 0.05) is 25.2 Å².